The Morgan fingerprint density at radius 1 is 1.32 bits per heavy atom. The molecule has 0 spiro atoms. The van der Waals surface area contributed by atoms with Gasteiger partial charge >= 0.3 is 0 Å². The molecule has 0 fully saturated rings. The zero-order chi connectivity index (χ0) is 14.8. The number of allylic oxidation sites excluding steroid dienone is 1. The Morgan fingerprint density at radius 3 is 2.37 bits per heavy atom. The van der Waals surface area contributed by atoms with Crippen molar-refractivity contribution in [3.05, 3.63) is 51.5 Å². The minimum absolute atomic E-state index is 0.0641. The molecule has 0 aliphatic carbocycles. The zero-order valence-electron chi connectivity index (χ0n) is 12.0. The van der Waals surface area contributed by atoms with Crippen LogP contribution in [0.4, 0.5) is 0 Å². The van der Waals surface area contributed by atoms with Gasteiger partial charge in [-0.25, -0.2) is 0 Å². The maximum Gasteiger partial charge on any atom is 0.0459 e. The van der Waals surface area contributed by atoms with Gasteiger partial charge in [-0.3, -0.25) is 0 Å². The molecular formula is C16H21BrClN. The highest BCUT2D eigenvalue weighted by Gasteiger charge is 2.19. The first-order valence-electron chi connectivity index (χ1n) is 6.20. The molecule has 0 aliphatic heterocycles. The number of rotatable bonds is 4. The summed E-state index contributed by atoms with van der Waals surface area (Å²) in [6.07, 6.45) is 0.756. The molecule has 0 aliphatic rings. The fraction of sp³-hybridized carbons (Fsp3) is 0.375. The summed E-state index contributed by atoms with van der Waals surface area (Å²) >= 11 is 9.86. The first kappa shape index (κ1) is 16.3. The van der Waals surface area contributed by atoms with Crippen LogP contribution in [0.1, 0.15) is 31.9 Å². The third kappa shape index (κ3) is 4.12. The van der Waals surface area contributed by atoms with Crippen LogP contribution >= 0.6 is 27.5 Å². The van der Waals surface area contributed by atoms with E-state index in [1.54, 1.807) is 0 Å². The predicted molar refractivity (Wildman–Crippen MR) is 89.5 cm³/mol. The van der Waals surface area contributed by atoms with Crippen LogP contribution in [-0.2, 0) is 6.42 Å². The van der Waals surface area contributed by atoms with Crippen molar-refractivity contribution in [2.75, 3.05) is 7.05 Å². The van der Waals surface area contributed by atoms with Crippen molar-refractivity contribution >= 4 is 33.2 Å². The Hall–Kier alpha value is -0.730. The normalized spacial score (nSPS) is 11.3. The third-order valence-electron chi connectivity index (χ3n) is 3.24. The van der Waals surface area contributed by atoms with Crippen LogP contribution in [0.3, 0.4) is 0 Å². The lowest BCUT2D eigenvalue weighted by molar-refractivity contribution is 0.493. The molecule has 0 amide bonds. The lowest BCUT2D eigenvalue weighted by atomic mass is 9.83. The van der Waals surface area contributed by atoms with Crippen LogP contribution in [0.5, 0.6) is 0 Å². The van der Waals surface area contributed by atoms with Crippen LogP contribution in [0, 0.1) is 5.41 Å². The second kappa shape index (κ2) is 6.15. The maximum absolute atomic E-state index is 6.39. The molecule has 0 saturated carbocycles. The molecule has 0 bridgehead atoms. The van der Waals surface area contributed by atoms with Crippen molar-refractivity contribution in [2.24, 2.45) is 5.41 Å². The fourth-order valence-corrected chi connectivity index (χ4v) is 2.54. The smallest absolute Gasteiger partial charge is 0.0459 e. The highest BCUT2D eigenvalue weighted by atomic mass is 79.9. The second-order valence-electron chi connectivity index (χ2n) is 5.67. The molecule has 0 atom stereocenters. The molecule has 1 aromatic carbocycles. The highest BCUT2D eigenvalue weighted by Crippen LogP contribution is 2.34. The van der Waals surface area contributed by atoms with Crippen LogP contribution in [0.25, 0.3) is 5.70 Å². The van der Waals surface area contributed by atoms with Gasteiger partial charge in [0.15, 0.2) is 0 Å². The van der Waals surface area contributed by atoms with Crippen LogP contribution in [-0.4, -0.2) is 7.05 Å². The molecule has 0 radical (unpaired) electrons. The zero-order valence-corrected chi connectivity index (χ0v) is 14.4. The Morgan fingerprint density at radius 2 is 1.89 bits per heavy atom. The Bertz CT molecular complexity index is 512. The van der Waals surface area contributed by atoms with E-state index in [4.69, 9.17) is 11.6 Å². The van der Waals surface area contributed by atoms with E-state index in [2.05, 4.69) is 55.2 Å². The largest absolute Gasteiger partial charge is 0.388 e. The average molecular weight is 343 g/mol. The number of benzene rings is 1. The van der Waals surface area contributed by atoms with Crippen molar-refractivity contribution in [1.82, 2.24) is 5.32 Å². The Labute approximate surface area is 129 Å². The van der Waals surface area contributed by atoms with Crippen molar-refractivity contribution in [3.8, 4) is 0 Å². The van der Waals surface area contributed by atoms with Gasteiger partial charge in [0.2, 0.25) is 0 Å². The molecule has 3 heteroatoms. The minimum Gasteiger partial charge on any atom is -0.388 e. The first-order valence-corrected chi connectivity index (χ1v) is 7.37. The van der Waals surface area contributed by atoms with E-state index >= 15 is 0 Å². The van der Waals surface area contributed by atoms with Crippen molar-refractivity contribution in [1.29, 1.82) is 0 Å². The quantitative estimate of drug-likeness (QED) is 0.719. The summed E-state index contributed by atoms with van der Waals surface area (Å²) in [4.78, 5) is 0. The molecule has 0 unspecified atom stereocenters. The number of hydrogen-bond acceptors (Lipinski definition) is 1. The van der Waals surface area contributed by atoms with E-state index in [1.807, 2.05) is 19.2 Å². The van der Waals surface area contributed by atoms with Crippen LogP contribution in [0.15, 0.2) is 35.3 Å². The monoisotopic (exact) mass is 341 g/mol. The standard InChI is InChI=1S/C16H21BrClN/c1-10(16(3,4)5)7-14-13(11(2)19-6)8-12(17)9-15(14)18/h8-9,19H,1-2,7H2,3-6H3. The molecule has 0 heterocycles. The summed E-state index contributed by atoms with van der Waals surface area (Å²) in [5.74, 6) is 0. The number of nitrogens with one attached hydrogen (secondary N) is 1. The van der Waals surface area contributed by atoms with E-state index in [0.717, 1.165) is 38.3 Å². The summed E-state index contributed by atoms with van der Waals surface area (Å²) in [6, 6.07) is 3.95. The van der Waals surface area contributed by atoms with Gasteiger partial charge in [-0.1, -0.05) is 67.0 Å². The second-order valence-corrected chi connectivity index (χ2v) is 7.00. The molecule has 1 nitrogen and oxygen atoms in total. The molecule has 0 saturated heterocycles. The molecule has 1 rings (SSSR count). The highest BCUT2D eigenvalue weighted by molar-refractivity contribution is 9.10. The third-order valence-corrected chi connectivity index (χ3v) is 4.03. The minimum atomic E-state index is 0.0641. The van der Waals surface area contributed by atoms with E-state index < -0.39 is 0 Å². The number of halogens is 2. The van der Waals surface area contributed by atoms with Crippen molar-refractivity contribution in [2.45, 2.75) is 27.2 Å². The average Bonchev–Trinajstić information content (AvgIpc) is 2.29. The molecule has 19 heavy (non-hydrogen) atoms. The van der Waals surface area contributed by atoms with E-state index in [-0.39, 0.29) is 5.41 Å². The molecule has 1 N–H and O–H groups in total. The summed E-state index contributed by atoms with van der Waals surface area (Å²) in [7, 11) is 1.86. The molecule has 0 aromatic heterocycles. The molecular weight excluding hydrogens is 322 g/mol. The van der Waals surface area contributed by atoms with Crippen LogP contribution < -0.4 is 5.32 Å². The van der Waals surface area contributed by atoms with Gasteiger partial charge < -0.3 is 5.32 Å². The van der Waals surface area contributed by atoms with Gasteiger partial charge in [0.25, 0.3) is 0 Å². The Balaban J connectivity index is 3.26. The van der Waals surface area contributed by atoms with Gasteiger partial charge in [0, 0.05) is 27.8 Å². The lowest BCUT2D eigenvalue weighted by Gasteiger charge is -2.24. The van der Waals surface area contributed by atoms with Gasteiger partial charge in [0.05, 0.1) is 0 Å². The van der Waals surface area contributed by atoms with E-state index in [1.165, 1.54) is 0 Å². The fourth-order valence-electron chi connectivity index (χ4n) is 1.67. The topological polar surface area (TPSA) is 12.0 Å². The first-order chi connectivity index (χ1) is 8.66. The van der Waals surface area contributed by atoms with Crippen LogP contribution in [0.2, 0.25) is 5.02 Å². The van der Waals surface area contributed by atoms with Gasteiger partial charge in [-0.15, -0.1) is 0 Å². The SMILES string of the molecule is C=C(NC)c1cc(Br)cc(Cl)c1CC(=C)C(C)(C)C. The van der Waals surface area contributed by atoms with Gasteiger partial charge in [-0.05, 0) is 29.5 Å². The van der Waals surface area contributed by atoms with Crippen molar-refractivity contribution in [3.63, 3.8) is 0 Å². The lowest BCUT2D eigenvalue weighted by Crippen LogP contribution is -2.13. The molecule has 1 aromatic rings. The summed E-state index contributed by atoms with van der Waals surface area (Å²) in [5.41, 5.74) is 4.19. The van der Waals surface area contributed by atoms with E-state index in [9.17, 15) is 0 Å². The Kier molecular flexibility index (Phi) is 5.28. The predicted octanol–water partition coefficient (Wildman–Crippen LogP) is 5.44. The molecule has 104 valence electrons. The summed E-state index contributed by atoms with van der Waals surface area (Å²) in [6.45, 7) is 14.7. The van der Waals surface area contributed by atoms with Gasteiger partial charge in [-0.2, -0.15) is 0 Å². The van der Waals surface area contributed by atoms with Gasteiger partial charge in [0.1, 0.15) is 0 Å². The summed E-state index contributed by atoms with van der Waals surface area (Å²) < 4.78 is 0.953. The van der Waals surface area contributed by atoms with Crippen molar-refractivity contribution < 1.29 is 0 Å². The van der Waals surface area contributed by atoms with E-state index in [0.29, 0.717) is 0 Å². The summed E-state index contributed by atoms with van der Waals surface area (Å²) in [5, 5.41) is 3.83. The maximum atomic E-state index is 6.39. The number of hydrogen-bond donors (Lipinski definition) is 1.